The Morgan fingerprint density at radius 3 is 2.64 bits per heavy atom. The van der Waals surface area contributed by atoms with Gasteiger partial charge in [0.25, 0.3) is 0 Å². The lowest BCUT2D eigenvalue weighted by atomic mass is 9.98. The Bertz CT molecular complexity index is 953. The molecule has 0 unspecified atom stereocenters. The number of H-pyrrole nitrogens is 1. The molecule has 4 aromatic rings. The van der Waals surface area contributed by atoms with E-state index >= 15 is 0 Å². The average Bonchev–Trinajstić information content (AvgIpc) is 2.99. The summed E-state index contributed by atoms with van der Waals surface area (Å²) in [6.45, 7) is 2.10. The number of pyridine rings is 2. The summed E-state index contributed by atoms with van der Waals surface area (Å²) in [7, 11) is 0. The largest absolute Gasteiger partial charge is 0.346 e. The van der Waals surface area contributed by atoms with Crippen molar-refractivity contribution >= 4 is 11.0 Å². The molecule has 0 amide bonds. The third-order valence-corrected chi connectivity index (χ3v) is 3.84. The first-order valence-electron chi connectivity index (χ1n) is 7.27. The SMILES string of the molecule is Cc1cccc(-c2ncccc2-c2c[nH]c3ncccc23)c1. The highest BCUT2D eigenvalue weighted by Gasteiger charge is 2.12. The van der Waals surface area contributed by atoms with Crippen molar-refractivity contribution in [2.45, 2.75) is 6.92 Å². The molecule has 22 heavy (non-hydrogen) atoms. The van der Waals surface area contributed by atoms with Crippen LogP contribution in [0.3, 0.4) is 0 Å². The number of fused-ring (bicyclic) bond motifs is 1. The molecule has 3 heteroatoms. The molecule has 0 atom stereocenters. The molecule has 1 aromatic carbocycles. The molecule has 0 spiro atoms. The van der Waals surface area contributed by atoms with Crippen molar-refractivity contribution in [2.24, 2.45) is 0 Å². The molecule has 0 aliphatic heterocycles. The van der Waals surface area contributed by atoms with Crippen LogP contribution in [0.25, 0.3) is 33.4 Å². The fourth-order valence-electron chi connectivity index (χ4n) is 2.82. The molecule has 3 heterocycles. The molecular weight excluding hydrogens is 270 g/mol. The van der Waals surface area contributed by atoms with Gasteiger partial charge in [-0.15, -0.1) is 0 Å². The lowest BCUT2D eigenvalue weighted by Crippen LogP contribution is -1.88. The molecule has 0 aliphatic carbocycles. The number of nitrogens with zero attached hydrogens (tertiary/aromatic N) is 2. The number of aromatic amines is 1. The predicted molar refractivity (Wildman–Crippen MR) is 89.5 cm³/mol. The topological polar surface area (TPSA) is 41.6 Å². The summed E-state index contributed by atoms with van der Waals surface area (Å²) < 4.78 is 0. The number of benzene rings is 1. The maximum Gasteiger partial charge on any atom is 0.137 e. The van der Waals surface area contributed by atoms with Gasteiger partial charge in [0.1, 0.15) is 5.65 Å². The molecule has 0 saturated heterocycles. The second-order valence-electron chi connectivity index (χ2n) is 5.37. The van der Waals surface area contributed by atoms with Crippen molar-refractivity contribution in [3.63, 3.8) is 0 Å². The molecule has 4 rings (SSSR count). The van der Waals surface area contributed by atoms with Crippen molar-refractivity contribution in [3.8, 4) is 22.4 Å². The maximum absolute atomic E-state index is 4.62. The second-order valence-corrected chi connectivity index (χ2v) is 5.37. The molecule has 0 bridgehead atoms. The Hall–Kier alpha value is -2.94. The molecule has 0 fully saturated rings. The summed E-state index contributed by atoms with van der Waals surface area (Å²) in [5.41, 5.74) is 6.51. The molecule has 0 aliphatic rings. The maximum atomic E-state index is 4.62. The van der Waals surface area contributed by atoms with E-state index in [2.05, 4.69) is 58.3 Å². The van der Waals surface area contributed by atoms with Gasteiger partial charge in [-0.2, -0.15) is 0 Å². The van der Waals surface area contributed by atoms with Crippen molar-refractivity contribution in [1.82, 2.24) is 15.0 Å². The number of hydrogen-bond acceptors (Lipinski definition) is 2. The van der Waals surface area contributed by atoms with Gasteiger partial charge in [0.05, 0.1) is 5.69 Å². The van der Waals surface area contributed by atoms with Gasteiger partial charge in [0.2, 0.25) is 0 Å². The lowest BCUT2D eigenvalue weighted by Gasteiger charge is -2.08. The third-order valence-electron chi connectivity index (χ3n) is 3.84. The fraction of sp³-hybridized carbons (Fsp3) is 0.0526. The normalized spacial score (nSPS) is 11.0. The summed E-state index contributed by atoms with van der Waals surface area (Å²) in [5.74, 6) is 0. The van der Waals surface area contributed by atoms with Crippen LogP contribution < -0.4 is 0 Å². The summed E-state index contributed by atoms with van der Waals surface area (Å²) in [5, 5.41) is 1.12. The lowest BCUT2D eigenvalue weighted by molar-refractivity contribution is 1.31. The van der Waals surface area contributed by atoms with E-state index in [1.165, 1.54) is 5.56 Å². The third kappa shape index (κ3) is 2.07. The van der Waals surface area contributed by atoms with E-state index in [0.29, 0.717) is 0 Å². The van der Waals surface area contributed by atoms with Gasteiger partial charge in [-0.05, 0) is 31.2 Å². The summed E-state index contributed by atoms with van der Waals surface area (Å²) in [4.78, 5) is 12.2. The van der Waals surface area contributed by atoms with Crippen molar-refractivity contribution in [2.75, 3.05) is 0 Å². The fourth-order valence-corrected chi connectivity index (χ4v) is 2.82. The van der Waals surface area contributed by atoms with Crippen LogP contribution >= 0.6 is 0 Å². The Kier molecular flexibility index (Phi) is 2.97. The van der Waals surface area contributed by atoms with E-state index in [-0.39, 0.29) is 0 Å². The Labute approximate surface area is 128 Å². The highest BCUT2D eigenvalue weighted by molar-refractivity contribution is 5.97. The molecule has 106 valence electrons. The van der Waals surface area contributed by atoms with E-state index in [9.17, 15) is 0 Å². The highest BCUT2D eigenvalue weighted by atomic mass is 14.8. The standard InChI is InChI=1S/C19H15N3/c1-13-5-2-6-14(11-13)18-15(7-3-9-20-18)17-12-22-19-16(17)8-4-10-21-19/h2-12H,1H3,(H,21,22). The second kappa shape index (κ2) is 5.11. The van der Waals surface area contributed by atoms with E-state index in [0.717, 1.165) is 33.4 Å². The van der Waals surface area contributed by atoms with Crippen molar-refractivity contribution < 1.29 is 0 Å². The van der Waals surface area contributed by atoms with Gasteiger partial charge in [-0.1, -0.05) is 29.8 Å². The summed E-state index contributed by atoms with van der Waals surface area (Å²) in [6, 6.07) is 16.6. The van der Waals surface area contributed by atoms with Crippen molar-refractivity contribution in [3.05, 3.63) is 72.7 Å². The molecular formula is C19H15N3. The van der Waals surface area contributed by atoms with Gasteiger partial charge < -0.3 is 4.98 Å². The zero-order valence-corrected chi connectivity index (χ0v) is 12.2. The molecule has 3 nitrogen and oxygen atoms in total. The van der Waals surface area contributed by atoms with Gasteiger partial charge in [-0.3, -0.25) is 4.98 Å². The van der Waals surface area contributed by atoms with Crippen LogP contribution in [-0.2, 0) is 0 Å². The number of nitrogens with one attached hydrogen (secondary N) is 1. The van der Waals surface area contributed by atoms with Crippen LogP contribution in [-0.4, -0.2) is 15.0 Å². The first-order chi connectivity index (χ1) is 10.8. The summed E-state index contributed by atoms with van der Waals surface area (Å²) >= 11 is 0. The Morgan fingerprint density at radius 2 is 1.73 bits per heavy atom. The zero-order valence-electron chi connectivity index (χ0n) is 12.2. The molecule has 0 radical (unpaired) electrons. The van der Waals surface area contributed by atoms with Gasteiger partial charge in [-0.25, -0.2) is 4.98 Å². The van der Waals surface area contributed by atoms with Crippen LogP contribution in [0, 0.1) is 6.92 Å². The summed E-state index contributed by atoms with van der Waals surface area (Å²) in [6.07, 6.45) is 5.65. The predicted octanol–water partition coefficient (Wildman–Crippen LogP) is 4.60. The van der Waals surface area contributed by atoms with Crippen LogP contribution in [0.1, 0.15) is 5.56 Å². The van der Waals surface area contributed by atoms with Crippen LogP contribution in [0.4, 0.5) is 0 Å². The number of aryl methyl sites for hydroxylation is 1. The van der Waals surface area contributed by atoms with E-state index in [4.69, 9.17) is 0 Å². The Morgan fingerprint density at radius 1 is 0.864 bits per heavy atom. The Balaban J connectivity index is 1.97. The molecule has 1 N–H and O–H groups in total. The van der Waals surface area contributed by atoms with Crippen LogP contribution in [0.15, 0.2) is 67.1 Å². The first-order valence-corrected chi connectivity index (χ1v) is 7.27. The number of aromatic nitrogens is 3. The monoisotopic (exact) mass is 285 g/mol. The molecule has 0 saturated carbocycles. The van der Waals surface area contributed by atoms with Crippen LogP contribution in [0.5, 0.6) is 0 Å². The zero-order chi connectivity index (χ0) is 14.9. The molecule has 3 aromatic heterocycles. The van der Waals surface area contributed by atoms with E-state index in [1.807, 2.05) is 24.5 Å². The minimum atomic E-state index is 0.900. The first kappa shape index (κ1) is 12.8. The van der Waals surface area contributed by atoms with E-state index < -0.39 is 0 Å². The van der Waals surface area contributed by atoms with Gasteiger partial charge >= 0.3 is 0 Å². The number of rotatable bonds is 2. The van der Waals surface area contributed by atoms with Crippen LogP contribution in [0.2, 0.25) is 0 Å². The minimum absolute atomic E-state index is 0.900. The van der Waals surface area contributed by atoms with Gasteiger partial charge in [0.15, 0.2) is 0 Å². The average molecular weight is 285 g/mol. The highest BCUT2D eigenvalue weighted by Crippen LogP contribution is 2.34. The quantitative estimate of drug-likeness (QED) is 0.584. The number of hydrogen-bond donors (Lipinski definition) is 1. The van der Waals surface area contributed by atoms with E-state index in [1.54, 1.807) is 6.20 Å². The van der Waals surface area contributed by atoms with Crippen molar-refractivity contribution in [1.29, 1.82) is 0 Å². The smallest absolute Gasteiger partial charge is 0.137 e. The minimum Gasteiger partial charge on any atom is -0.346 e. The van der Waals surface area contributed by atoms with Gasteiger partial charge in [0, 0.05) is 40.7 Å².